The Balaban J connectivity index is 0.000000942. The standard InChI is InChI=1S/C32H39N3O4.C2HF3O2/c1-23(2)20-28(34-30(36)27(33)19-18-24-12-6-3-7-13-24)31(37)35-29(21-25-14-8-4-9-15-25)32(38)39-22-26-16-10-5-11-17-26;3-2(4,5)1(6)7/h3-17,23,27-29H,18-22,33H2,1-2H3,(H,34,36)(H,35,37);(H,6,7)/t27-,28+,29+;/m0./s1. The number of aryl methyl sites for hydroxylation is 1. The van der Waals surface area contributed by atoms with Gasteiger partial charge in [0.05, 0.1) is 6.04 Å². The molecule has 3 aromatic rings. The van der Waals surface area contributed by atoms with Gasteiger partial charge in [-0.3, -0.25) is 9.59 Å². The molecule has 2 amide bonds. The van der Waals surface area contributed by atoms with Crippen LogP contribution in [0.3, 0.4) is 0 Å². The molecule has 0 unspecified atom stereocenters. The fraction of sp³-hybridized carbons (Fsp3) is 0.353. The van der Waals surface area contributed by atoms with Crippen LogP contribution in [0, 0.1) is 5.92 Å². The normalized spacial score (nSPS) is 12.9. The van der Waals surface area contributed by atoms with Crippen molar-refractivity contribution < 1.29 is 42.2 Å². The number of benzene rings is 3. The number of amides is 2. The van der Waals surface area contributed by atoms with E-state index in [1.807, 2.05) is 105 Å². The maximum absolute atomic E-state index is 13.4. The van der Waals surface area contributed by atoms with E-state index in [1.54, 1.807) is 0 Å². The van der Waals surface area contributed by atoms with Crippen LogP contribution in [0.15, 0.2) is 91.0 Å². The number of nitrogens with two attached hydrogens (primary N) is 1. The molecule has 0 fully saturated rings. The summed E-state index contributed by atoms with van der Waals surface area (Å²) in [5.74, 6) is -4.00. The van der Waals surface area contributed by atoms with E-state index in [-0.39, 0.29) is 18.9 Å². The van der Waals surface area contributed by atoms with Gasteiger partial charge in [-0.1, -0.05) is 105 Å². The van der Waals surface area contributed by atoms with Crippen molar-refractivity contribution in [1.29, 1.82) is 0 Å². The molecule has 12 heteroatoms. The van der Waals surface area contributed by atoms with Gasteiger partial charge in [0.15, 0.2) is 0 Å². The number of carbonyl (C=O) groups excluding carboxylic acids is 3. The van der Waals surface area contributed by atoms with Crippen LogP contribution >= 0.6 is 0 Å². The minimum atomic E-state index is -5.08. The van der Waals surface area contributed by atoms with Crippen molar-refractivity contribution >= 4 is 23.8 Å². The topological polar surface area (TPSA) is 148 Å². The van der Waals surface area contributed by atoms with E-state index in [0.29, 0.717) is 19.3 Å². The molecule has 9 nitrogen and oxygen atoms in total. The molecule has 3 rings (SSSR count). The number of carboxylic acid groups (broad SMARTS) is 1. The average molecular weight is 644 g/mol. The van der Waals surface area contributed by atoms with Crippen LogP contribution in [0.5, 0.6) is 0 Å². The predicted octanol–water partition coefficient (Wildman–Crippen LogP) is 4.58. The maximum Gasteiger partial charge on any atom is 0.490 e. The number of ether oxygens (including phenoxy) is 1. The van der Waals surface area contributed by atoms with Gasteiger partial charge in [0.1, 0.15) is 18.7 Å². The van der Waals surface area contributed by atoms with Crippen LogP contribution in [-0.4, -0.2) is 53.2 Å². The summed E-state index contributed by atoms with van der Waals surface area (Å²) in [4.78, 5) is 48.3. The van der Waals surface area contributed by atoms with Gasteiger partial charge in [-0.2, -0.15) is 13.2 Å². The Kier molecular flexibility index (Phi) is 15.4. The highest BCUT2D eigenvalue weighted by Gasteiger charge is 2.38. The molecule has 0 bridgehead atoms. The maximum atomic E-state index is 13.4. The number of nitrogens with one attached hydrogen (secondary N) is 2. The lowest BCUT2D eigenvalue weighted by Crippen LogP contribution is -2.55. The number of carboxylic acids is 1. The number of esters is 1. The molecular formula is C34H40F3N3O6. The van der Waals surface area contributed by atoms with Crippen molar-refractivity contribution in [2.45, 2.75) is 70.4 Å². The third kappa shape index (κ3) is 14.4. The van der Waals surface area contributed by atoms with Gasteiger partial charge in [-0.25, -0.2) is 9.59 Å². The minimum absolute atomic E-state index is 0.100. The second-order valence-corrected chi connectivity index (χ2v) is 11.0. The molecule has 0 aromatic heterocycles. The second-order valence-electron chi connectivity index (χ2n) is 11.0. The highest BCUT2D eigenvalue weighted by atomic mass is 19.4. The molecule has 0 aliphatic heterocycles. The average Bonchev–Trinajstić information content (AvgIpc) is 3.02. The summed E-state index contributed by atoms with van der Waals surface area (Å²) in [5.41, 5.74) is 9.00. The van der Waals surface area contributed by atoms with Crippen LogP contribution in [0.4, 0.5) is 13.2 Å². The highest BCUT2D eigenvalue weighted by molar-refractivity contribution is 5.92. The summed E-state index contributed by atoms with van der Waals surface area (Å²) in [7, 11) is 0. The summed E-state index contributed by atoms with van der Waals surface area (Å²) >= 11 is 0. The van der Waals surface area contributed by atoms with Gasteiger partial charge in [0.2, 0.25) is 11.8 Å². The Labute approximate surface area is 266 Å². The van der Waals surface area contributed by atoms with Gasteiger partial charge in [0.25, 0.3) is 0 Å². The lowest BCUT2D eigenvalue weighted by Gasteiger charge is -2.25. The zero-order chi connectivity index (χ0) is 34.1. The van der Waals surface area contributed by atoms with Gasteiger partial charge in [0, 0.05) is 6.42 Å². The third-order valence-corrected chi connectivity index (χ3v) is 6.61. The van der Waals surface area contributed by atoms with Crippen LogP contribution in [0.2, 0.25) is 0 Å². The number of hydrogen-bond donors (Lipinski definition) is 4. The SMILES string of the molecule is CC(C)C[C@@H](NC(=O)[C@@H](N)CCc1ccccc1)C(=O)N[C@H](Cc1ccccc1)C(=O)OCc1ccccc1.O=C(O)C(F)(F)F. The van der Waals surface area contributed by atoms with E-state index in [1.165, 1.54) is 0 Å². The van der Waals surface area contributed by atoms with E-state index < -0.39 is 48.1 Å². The zero-order valence-corrected chi connectivity index (χ0v) is 25.7. The van der Waals surface area contributed by atoms with Crippen molar-refractivity contribution in [3.05, 3.63) is 108 Å². The first kappa shape index (κ1) is 37.5. The van der Waals surface area contributed by atoms with Crippen LogP contribution in [0.25, 0.3) is 0 Å². The first-order valence-electron chi connectivity index (χ1n) is 14.7. The van der Waals surface area contributed by atoms with Crippen LogP contribution in [-0.2, 0) is 43.4 Å². The number of halogens is 3. The molecule has 0 spiro atoms. The number of rotatable bonds is 14. The third-order valence-electron chi connectivity index (χ3n) is 6.61. The van der Waals surface area contributed by atoms with Crippen molar-refractivity contribution in [2.24, 2.45) is 11.7 Å². The lowest BCUT2D eigenvalue weighted by molar-refractivity contribution is -0.192. The fourth-order valence-corrected chi connectivity index (χ4v) is 4.22. The number of hydrogen-bond acceptors (Lipinski definition) is 6. The molecule has 0 aliphatic rings. The molecule has 0 radical (unpaired) electrons. The summed E-state index contributed by atoms with van der Waals surface area (Å²) in [6, 6.07) is 26.1. The number of alkyl halides is 3. The molecule has 248 valence electrons. The molecule has 0 saturated carbocycles. The van der Waals surface area contributed by atoms with Crippen molar-refractivity contribution in [2.75, 3.05) is 0 Å². The first-order valence-corrected chi connectivity index (χ1v) is 14.7. The molecule has 46 heavy (non-hydrogen) atoms. The Bertz CT molecular complexity index is 1370. The van der Waals surface area contributed by atoms with Crippen LogP contribution < -0.4 is 16.4 Å². The van der Waals surface area contributed by atoms with Crippen LogP contribution in [0.1, 0.15) is 43.4 Å². The highest BCUT2D eigenvalue weighted by Crippen LogP contribution is 2.13. The Morgan fingerprint density at radius 2 is 1.22 bits per heavy atom. The van der Waals surface area contributed by atoms with Crippen molar-refractivity contribution in [3.63, 3.8) is 0 Å². The summed E-state index contributed by atoms with van der Waals surface area (Å²) in [5, 5.41) is 12.8. The molecular weight excluding hydrogens is 603 g/mol. The van der Waals surface area contributed by atoms with Crippen molar-refractivity contribution in [1.82, 2.24) is 10.6 Å². The molecule has 3 atom stereocenters. The molecule has 0 heterocycles. The fourth-order valence-electron chi connectivity index (χ4n) is 4.22. The first-order chi connectivity index (χ1) is 21.8. The zero-order valence-electron chi connectivity index (χ0n) is 25.7. The molecule has 0 saturated heterocycles. The number of carbonyl (C=O) groups is 4. The van der Waals surface area contributed by atoms with Gasteiger partial charge < -0.3 is 26.2 Å². The largest absolute Gasteiger partial charge is 0.490 e. The smallest absolute Gasteiger partial charge is 0.475 e. The van der Waals surface area contributed by atoms with E-state index in [0.717, 1.165) is 16.7 Å². The van der Waals surface area contributed by atoms with E-state index >= 15 is 0 Å². The summed E-state index contributed by atoms with van der Waals surface area (Å²) in [6.07, 6.45) is -3.31. The molecule has 5 N–H and O–H groups in total. The summed E-state index contributed by atoms with van der Waals surface area (Å²) < 4.78 is 37.3. The van der Waals surface area contributed by atoms with E-state index in [9.17, 15) is 27.6 Å². The van der Waals surface area contributed by atoms with E-state index in [4.69, 9.17) is 20.4 Å². The van der Waals surface area contributed by atoms with E-state index in [2.05, 4.69) is 10.6 Å². The summed E-state index contributed by atoms with van der Waals surface area (Å²) in [6.45, 7) is 4.04. The molecule has 3 aromatic carbocycles. The molecule has 0 aliphatic carbocycles. The number of aliphatic carboxylic acids is 1. The second kappa shape index (κ2) is 18.9. The Hall–Kier alpha value is -4.71. The van der Waals surface area contributed by atoms with Crippen molar-refractivity contribution in [3.8, 4) is 0 Å². The minimum Gasteiger partial charge on any atom is -0.475 e. The predicted molar refractivity (Wildman–Crippen MR) is 166 cm³/mol. The Morgan fingerprint density at radius 3 is 1.70 bits per heavy atom. The monoisotopic (exact) mass is 643 g/mol. The Morgan fingerprint density at radius 1 is 0.761 bits per heavy atom. The lowest BCUT2D eigenvalue weighted by atomic mass is 10.00. The van der Waals surface area contributed by atoms with Gasteiger partial charge >= 0.3 is 18.1 Å². The quantitative estimate of drug-likeness (QED) is 0.188. The van der Waals surface area contributed by atoms with Gasteiger partial charge in [-0.15, -0.1) is 0 Å². The van der Waals surface area contributed by atoms with Gasteiger partial charge in [-0.05, 0) is 41.9 Å².